The van der Waals surface area contributed by atoms with Crippen LogP contribution in [0.15, 0.2) is 22.7 Å². The van der Waals surface area contributed by atoms with Crippen molar-refractivity contribution in [3.63, 3.8) is 0 Å². The van der Waals surface area contributed by atoms with Gasteiger partial charge in [0.2, 0.25) is 0 Å². The monoisotopic (exact) mass is 341 g/mol. The molecule has 0 heterocycles. The Morgan fingerprint density at radius 2 is 2.20 bits per heavy atom. The van der Waals surface area contributed by atoms with Crippen LogP contribution < -0.4 is 10.1 Å². The van der Waals surface area contributed by atoms with E-state index in [0.29, 0.717) is 17.9 Å². The number of aliphatic hydroxyl groups is 1. The first-order valence-corrected chi connectivity index (χ1v) is 7.71. The third-order valence-electron chi connectivity index (χ3n) is 3.81. The summed E-state index contributed by atoms with van der Waals surface area (Å²) in [6.07, 6.45) is 3.75. The molecule has 110 valence electrons. The fourth-order valence-electron chi connectivity index (χ4n) is 2.56. The molecular formula is C15H20BrNO3. The molecule has 20 heavy (non-hydrogen) atoms. The van der Waals surface area contributed by atoms with Crippen LogP contribution in [0.4, 0.5) is 0 Å². The van der Waals surface area contributed by atoms with Crippen LogP contribution in [-0.4, -0.2) is 30.8 Å². The third-order valence-corrected chi connectivity index (χ3v) is 4.43. The van der Waals surface area contributed by atoms with Crippen molar-refractivity contribution in [2.24, 2.45) is 5.92 Å². The summed E-state index contributed by atoms with van der Waals surface area (Å²) in [5.41, 5.74) is 0.586. The van der Waals surface area contributed by atoms with Crippen LogP contribution in [0.1, 0.15) is 36.0 Å². The van der Waals surface area contributed by atoms with Crippen molar-refractivity contribution in [2.75, 3.05) is 13.7 Å². The Balaban J connectivity index is 1.93. The second-order valence-electron chi connectivity index (χ2n) is 5.17. The van der Waals surface area contributed by atoms with E-state index in [0.717, 1.165) is 30.2 Å². The van der Waals surface area contributed by atoms with Crippen molar-refractivity contribution >= 4 is 21.8 Å². The molecule has 2 unspecified atom stereocenters. The number of ether oxygens (including phenoxy) is 1. The summed E-state index contributed by atoms with van der Waals surface area (Å²) in [4.78, 5) is 12.1. The highest BCUT2D eigenvalue weighted by Crippen LogP contribution is 2.26. The van der Waals surface area contributed by atoms with E-state index < -0.39 is 0 Å². The highest BCUT2D eigenvalue weighted by atomic mass is 79.9. The lowest BCUT2D eigenvalue weighted by Crippen LogP contribution is -2.36. The number of nitrogens with one attached hydrogen (secondary N) is 1. The first kappa shape index (κ1) is 15.3. The van der Waals surface area contributed by atoms with Gasteiger partial charge < -0.3 is 15.2 Å². The average molecular weight is 342 g/mol. The molecule has 0 aliphatic heterocycles. The quantitative estimate of drug-likeness (QED) is 0.885. The number of aliphatic hydroxyl groups excluding tert-OH is 1. The summed E-state index contributed by atoms with van der Waals surface area (Å²) in [6, 6.07) is 5.23. The third kappa shape index (κ3) is 3.73. The summed E-state index contributed by atoms with van der Waals surface area (Å²) in [5.74, 6) is 0.754. The van der Waals surface area contributed by atoms with Gasteiger partial charge in [-0.2, -0.15) is 0 Å². The Bertz CT molecular complexity index is 478. The molecule has 1 aromatic rings. The van der Waals surface area contributed by atoms with Crippen molar-refractivity contribution in [2.45, 2.75) is 31.8 Å². The van der Waals surface area contributed by atoms with Crippen molar-refractivity contribution in [1.82, 2.24) is 5.32 Å². The van der Waals surface area contributed by atoms with Crippen LogP contribution in [-0.2, 0) is 0 Å². The largest absolute Gasteiger partial charge is 0.496 e. The molecule has 2 N–H and O–H groups in total. The number of halogens is 1. The molecule has 1 aliphatic carbocycles. The zero-order valence-corrected chi connectivity index (χ0v) is 13.1. The average Bonchev–Trinajstić information content (AvgIpc) is 2.46. The van der Waals surface area contributed by atoms with Gasteiger partial charge in [-0.05, 0) is 47.0 Å². The standard InChI is InChI=1S/C15H20BrNO3/c1-20-14-7-6-10(8-12(14)16)15(19)17-9-11-4-2-3-5-13(11)18/h6-8,11,13,18H,2-5,9H2,1H3,(H,17,19). The number of carbonyl (C=O) groups excluding carboxylic acids is 1. The Morgan fingerprint density at radius 1 is 1.45 bits per heavy atom. The summed E-state index contributed by atoms with van der Waals surface area (Å²) in [6.45, 7) is 0.531. The van der Waals surface area contributed by atoms with Crippen LogP contribution in [0, 0.1) is 5.92 Å². The molecule has 2 atom stereocenters. The maximum Gasteiger partial charge on any atom is 0.251 e. The molecule has 0 bridgehead atoms. The van der Waals surface area contributed by atoms with E-state index in [1.807, 2.05) is 0 Å². The van der Waals surface area contributed by atoms with E-state index >= 15 is 0 Å². The predicted molar refractivity (Wildman–Crippen MR) is 81.0 cm³/mol. The fraction of sp³-hybridized carbons (Fsp3) is 0.533. The molecule has 1 fully saturated rings. The van der Waals surface area contributed by atoms with E-state index in [-0.39, 0.29) is 17.9 Å². The normalized spacial score (nSPS) is 22.4. The van der Waals surface area contributed by atoms with Gasteiger partial charge in [0.15, 0.2) is 0 Å². The van der Waals surface area contributed by atoms with E-state index in [4.69, 9.17) is 4.74 Å². The minimum absolute atomic E-state index is 0.119. The lowest BCUT2D eigenvalue weighted by molar-refractivity contribution is 0.0663. The molecule has 1 saturated carbocycles. The maximum atomic E-state index is 12.1. The van der Waals surface area contributed by atoms with Crippen molar-refractivity contribution in [1.29, 1.82) is 0 Å². The number of carbonyl (C=O) groups is 1. The minimum atomic E-state index is -0.286. The Labute approximate surface area is 127 Å². The molecule has 5 heteroatoms. The molecule has 0 saturated heterocycles. The fourth-order valence-corrected chi connectivity index (χ4v) is 3.10. The second-order valence-corrected chi connectivity index (χ2v) is 6.03. The summed E-state index contributed by atoms with van der Waals surface area (Å²) >= 11 is 3.37. The minimum Gasteiger partial charge on any atom is -0.496 e. The van der Waals surface area contributed by atoms with Crippen LogP contribution in [0.3, 0.4) is 0 Å². The second kappa shape index (κ2) is 7.09. The van der Waals surface area contributed by atoms with Crippen molar-refractivity contribution in [3.8, 4) is 5.75 Å². The number of hydrogen-bond donors (Lipinski definition) is 2. The van der Waals surface area contributed by atoms with E-state index in [1.165, 1.54) is 0 Å². The lowest BCUT2D eigenvalue weighted by atomic mass is 9.86. The molecule has 4 nitrogen and oxygen atoms in total. The first-order valence-electron chi connectivity index (χ1n) is 6.91. The molecule has 1 aromatic carbocycles. The number of methoxy groups -OCH3 is 1. The Kier molecular flexibility index (Phi) is 5.43. The summed E-state index contributed by atoms with van der Waals surface area (Å²) in [5, 5.41) is 12.8. The topological polar surface area (TPSA) is 58.6 Å². The Hall–Kier alpha value is -1.07. The predicted octanol–water partition coefficient (Wildman–Crippen LogP) is 2.74. The van der Waals surface area contributed by atoms with Gasteiger partial charge >= 0.3 is 0 Å². The van der Waals surface area contributed by atoms with Crippen LogP contribution >= 0.6 is 15.9 Å². The van der Waals surface area contributed by atoms with Gasteiger partial charge in [0.05, 0.1) is 17.7 Å². The zero-order chi connectivity index (χ0) is 14.5. The van der Waals surface area contributed by atoms with Gasteiger partial charge in [-0.1, -0.05) is 12.8 Å². The molecule has 0 aromatic heterocycles. The van der Waals surface area contributed by atoms with Crippen LogP contribution in [0.2, 0.25) is 0 Å². The number of benzene rings is 1. The SMILES string of the molecule is COc1ccc(C(=O)NCC2CCCCC2O)cc1Br. The van der Waals surface area contributed by atoms with Crippen molar-refractivity contribution in [3.05, 3.63) is 28.2 Å². The number of hydrogen-bond acceptors (Lipinski definition) is 3. The maximum absolute atomic E-state index is 12.1. The van der Waals surface area contributed by atoms with Gasteiger partial charge in [-0.3, -0.25) is 4.79 Å². The van der Waals surface area contributed by atoms with Gasteiger partial charge in [0.25, 0.3) is 5.91 Å². The van der Waals surface area contributed by atoms with Crippen molar-refractivity contribution < 1.29 is 14.6 Å². The summed E-state index contributed by atoms with van der Waals surface area (Å²) < 4.78 is 5.89. The molecule has 0 spiro atoms. The van der Waals surface area contributed by atoms with Gasteiger partial charge in [-0.15, -0.1) is 0 Å². The molecular weight excluding hydrogens is 322 g/mol. The highest BCUT2D eigenvalue weighted by Gasteiger charge is 2.23. The first-order chi connectivity index (χ1) is 9.61. The summed E-state index contributed by atoms with van der Waals surface area (Å²) in [7, 11) is 1.59. The highest BCUT2D eigenvalue weighted by molar-refractivity contribution is 9.10. The molecule has 1 aliphatic rings. The molecule has 2 rings (SSSR count). The van der Waals surface area contributed by atoms with E-state index in [1.54, 1.807) is 25.3 Å². The number of amides is 1. The van der Waals surface area contributed by atoms with Gasteiger partial charge in [-0.25, -0.2) is 0 Å². The smallest absolute Gasteiger partial charge is 0.251 e. The lowest BCUT2D eigenvalue weighted by Gasteiger charge is -2.27. The molecule has 1 amide bonds. The van der Waals surface area contributed by atoms with E-state index in [2.05, 4.69) is 21.2 Å². The zero-order valence-electron chi connectivity index (χ0n) is 11.6. The number of rotatable bonds is 4. The van der Waals surface area contributed by atoms with Gasteiger partial charge in [0, 0.05) is 18.0 Å². The van der Waals surface area contributed by atoms with Crippen LogP contribution in [0.5, 0.6) is 5.75 Å². The molecule has 0 radical (unpaired) electrons. The Morgan fingerprint density at radius 3 is 2.85 bits per heavy atom. The van der Waals surface area contributed by atoms with Gasteiger partial charge in [0.1, 0.15) is 5.75 Å². The van der Waals surface area contributed by atoms with E-state index in [9.17, 15) is 9.90 Å². The van der Waals surface area contributed by atoms with Crippen LogP contribution in [0.25, 0.3) is 0 Å².